The van der Waals surface area contributed by atoms with Crippen LogP contribution in [0.1, 0.15) is 50.4 Å². The van der Waals surface area contributed by atoms with Gasteiger partial charge in [0.1, 0.15) is 11.1 Å². The molecule has 35 heavy (non-hydrogen) atoms. The Bertz CT molecular complexity index is 1460. The Hall–Kier alpha value is -3.45. The number of nitrogens with zero attached hydrogens (tertiary/aromatic N) is 1. The van der Waals surface area contributed by atoms with Crippen molar-refractivity contribution in [3.8, 4) is 0 Å². The van der Waals surface area contributed by atoms with E-state index in [1.807, 2.05) is 6.92 Å². The lowest BCUT2D eigenvalue weighted by Gasteiger charge is -2.39. The van der Waals surface area contributed by atoms with Crippen molar-refractivity contribution in [3.05, 3.63) is 75.6 Å². The molecule has 3 aromatic rings. The summed E-state index contributed by atoms with van der Waals surface area (Å²) in [5, 5.41) is 8.36. The number of carbonyl (C=O) groups excluding carboxylic acids is 2. The number of amides is 1. The molecule has 7 nitrogen and oxygen atoms in total. The molecule has 1 N–H and O–H groups in total. The minimum Gasteiger partial charge on any atom is -0.422 e. The Balaban J connectivity index is 1.42. The second-order valence-electron chi connectivity index (χ2n) is 10.1. The van der Waals surface area contributed by atoms with Gasteiger partial charge in [-0.1, -0.05) is 61.8 Å². The number of anilines is 1. The number of para-hydroxylation sites is 1. The normalized spacial score (nSPS) is 25.7. The van der Waals surface area contributed by atoms with Crippen molar-refractivity contribution in [2.75, 3.05) is 5.32 Å². The molecule has 2 aliphatic rings. The van der Waals surface area contributed by atoms with Crippen LogP contribution in [0.25, 0.3) is 11.0 Å². The van der Waals surface area contributed by atoms with E-state index in [9.17, 15) is 14.4 Å². The summed E-state index contributed by atoms with van der Waals surface area (Å²) in [6.45, 7) is 6.16. The first kappa shape index (κ1) is 23.3. The molecule has 0 saturated heterocycles. The third-order valence-corrected chi connectivity index (χ3v) is 8.59. The molecule has 2 saturated carbocycles. The molecule has 2 unspecified atom stereocenters. The van der Waals surface area contributed by atoms with Gasteiger partial charge in [0.15, 0.2) is 0 Å². The zero-order valence-corrected chi connectivity index (χ0v) is 20.4. The number of nitrogens with one attached hydrogen (secondary N) is 1. The van der Waals surface area contributed by atoms with E-state index in [1.165, 1.54) is 6.07 Å². The summed E-state index contributed by atoms with van der Waals surface area (Å²) in [6.07, 6.45) is 1.75. The molecular weight excluding hydrogens is 468 g/mol. The van der Waals surface area contributed by atoms with Gasteiger partial charge in [-0.2, -0.15) is 0 Å². The highest BCUT2D eigenvalue weighted by atomic mass is 35.5. The van der Waals surface area contributed by atoms with Crippen LogP contribution in [0, 0.1) is 16.2 Å². The number of benzene rings is 2. The maximum Gasteiger partial charge on any atom is 0.373 e. The second kappa shape index (κ2) is 8.05. The van der Waals surface area contributed by atoms with E-state index in [4.69, 9.17) is 20.9 Å². The van der Waals surface area contributed by atoms with Crippen LogP contribution >= 0.6 is 11.6 Å². The SMILES string of the molecule is CC12CCC(C(=O)Nc3cccc(Cl)c3)(C/C1=N\OC(=O)c1cc3ccccc3oc1=O)C2(C)C. The lowest BCUT2D eigenvalue weighted by Crippen LogP contribution is -2.43. The number of oxime groups is 1. The third-order valence-electron chi connectivity index (χ3n) is 8.35. The highest BCUT2D eigenvalue weighted by Gasteiger charge is 2.71. The summed E-state index contributed by atoms with van der Waals surface area (Å²) < 4.78 is 5.23. The van der Waals surface area contributed by atoms with Crippen molar-refractivity contribution >= 4 is 45.8 Å². The average molecular weight is 493 g/mol. The van der Waals surface area contributed by atoms with Gasteiger partial charge >= 0.3 is 11.6 Å². The highest BCUT2D eigenvalue weighted by molar-refractivity contribution is 6.30. The van der Waals surface area contributed by atoms with E-state index in [0.29, 0.717) is 40.2 Å². The van der Waals surface area contributed by atoms with Gasteiger partial charge in [0, 0.05) is 27.9 Å². The predicted octanol–water partition coefficient (Wildman–Crippen LogP) is 5.81. The van der Waals surface area contributed by atoms with Gasteiger partial charge in [-0.15, -0.1) is 0 Å². The van der Waals surface area contributed by atoms with Crippen molar-refractivity contribution in [2.45, 2.75) is 40.0 Å². The standard InChI is InChI=1S/C27H25ClN2O5/c1-25(2)26(3)11-12-27(25,24(33)29-18-9-6-8-17(28)14-18)15-21(26)30-35-23(32)19-13-16-7-4-5-10-20(16)34-22(19)31/h4-10,13-14H,11-12,15H2,1-3H3,(H,29,33)/b30-21+. The fraction of sp³-hybridized carbons (Fsp3) is 0.333. The lowest BCUT2D eigenvalue weighted by atomic mass is 9.64. The Morgan fingerprint density at radius 1 is 1.06 bits per heavy atom. The third kappa shape index (κ3) is 3.48. The molecule has 1 amide bonds. The molecule has 180 valence electrons. The van der Waals surface area contributed by atoms with Gasteiger partial charge in [-0.25, -0.2) is 9.59 Å². The van der Waals surface area contributed by atoms with E-state index < -0.39 is 27.8 Å². The fourth-order valence-electron chi connectivity index (χ4n) is 5.69. The number of halogens is 1. The van der Waals surface area contributed by atoms with Crippen molar-refractivity contribution in [1.82, 2.24) is 0 Å². The number of hydrogen-bond acceptors (Lipinski definition) is 6. The Kier molecular flexibility index (Phi) is 5.36. The summed E-state index contributed by atoms with van der Waals surface area (Å²) in [6, 6.07) is 15.4. The Morgan fingerprint density at radius 3 is 2.60 bits per heavy atom. The van der Waals surface area contributed by atoms with E-state index in [-0.39, 0.29) is 11.5 Å². The minimum atomic E-state index is -0.890. The molecule has 1 heterocycles. The molecule has 8 heteroatoms. The van der Waals surface area contributed by atoms with Crippen LogP contribution in [0.2, 0.25) is 5.02 Å². The maximum atomic E-state index is 13.6. The molecule has 5 rings (SSSR count). The predicted molar refractivity (Wildman–Crippen MR) is 134 cm³/mol. The number of carbonyl (C=O) groups is 2. The van der Waals surface area contributed by atoms with Crippen LogP contribution in [0.5, 0.6) is 0 Å². The Labute approximate surface area is 207 Å². The average Bonchev–Trinajstić information content (AvgIpc) is 3.13. The van der Waals surface area contributed by atoms with Crippen LogP contribution in [0.15, 0.2) is 69.0 Å². The molecule has 2 atom stereocenters. The second-order valence-corrected chi connectivity index (χ2v) is 10.5. The lowest BCUT2D eigenvalue weighted by molar-refractivity contribution is -0.130. The van der Waals surface area contributed by atoms with Crippen molar-refractivity contribution in [1.29, 1.82) is 0 Å². The van der Waals surface area contributed by atoms with Gasteiger partial charge < -0.3 is 14.6 Å². The summed E-state index contributed by atoms with van der Waals surface area (Å²) in [5.74, 6) is -1.00. The van der Waals surface area contributed by atoms with Crippen LogP contribution in [0.3, 0.4) is 0 Å². The first-order chi connectivity index (χ1) is 16.6. The summed E-state index contributed by atoms with van der Waals surface area (Å²) in [5.41, 5.74) is -0.995. The van der Waals surface area contributed by atoms with Crippen LogP contribution in [-0.4, -0.2) is 17.6 Å². The molecule has 0 aliphatic heterocycles. The first-order valence-corrected chi connectivity index (χ1v) is 11.8. The van der Waals surface area contributed by atoms with Gasteiger partial charge in [0.25, 0.3) is 0 Å². The smallest absolute Gasteiger partial charge is 0.373 e. The number of rotatable bonds is 4. The molecule has 2 bridgehead atoms. The maximum absolute atomic E-state index is 13.6. The van der Waals surface area contributed by atoms with Gasteiger partial charge in [-0.05, 0) is 48.6 Å². The van der Waals surface area contributed by atoms with E-state index in [2.05, 4.69) is 24.3 Å². The summed E-state index contributed by atoms with van der Waals surface area (Å²) >= 11 is 6.08. The monoisotopic (exact) mass is 492 g/mol. The van der Waals surface area contributed by atoms with Gasteiger partial charge in [0.2, 0.25) is 5.91 Å². The van der Waals surface area contributed by atoms with Crippen molar-refractivity contribution < 1.29 is 18.8 Å². The minimum absolute atomic E-state index is 0.111. The molecule has 1 aromatic heterocycles. The molecule has 2 fully saturated rings. The molecule has 2 aliphatic carbocycles. The van der Waals surface area contributed by atoms with Crippen LogP contribution in [0.4, 0.5) is 5.69 Å². The molecule has 0 spiro atoms. The summed E-state index contributed by atoms with van der Waals surface area (Å²) in [7, 11) is 0. The highest BCUT2D eigenvalue weighted by Crippen LogP contribution is 2.71. The Morgan fingerprint density at radius 2 is 1.83 bits per heavy atom. The summed E-state index contributed by atoms with van der Waals surface area (Å²) in [4.78, 5) is 43.9. The fourth-order valence-corrected chi connectivity index (χ4v) is 5.88. The topological polar surface area (TPSA) is 98.0 Å². The first-order valence-electron chi connectivity index (χ1n) is 11.5. The van der Waals surface area contributed by atoms with E-state index in [0.717, 1.165) is 6.42 Å². The quantitative estimate of drug-likeness (QED) is 0.281. The molecular formula is C27H25ClN2O5. The largest absolute Gasteiger partial charge is 0.422 e. The zero-order valence-electron chi connectivity index (χ0n) is 19.7. The van der Waals surface area contributed by atoms with E-state index >= 15 is 0 Å². The molecule has 2 aromatic carbocycles. The van der Waals surface area contributed by atoms with Gasteiger partial charge in [0.05, 0.1) is 11.1 Å². The number of fused-ring (bicyclic) bond motifs is 3. The molecule has 0 radical (unpaired) electrons. The number of hydrogen-bond donors (Lipinski definition) is 1. The van der Waals surface area contributed by atoms with Crippen LogP contribution in [-0.2, 0) is 9.63 Å². The van der Waals surface area contributed by atoms with E-state index in [1.54, 1.807) is 48.5 Å². The zero-order chi connectivity index (χ0) is 25.0. The van der Waals surface area contributed by atoms with Gasteiger partial charge in [-0.3, -0.25) is 4.79 Å². The van der Waals surface area contributed by atoms with Crippen molar-refractivity contribution in [3.63, 3.8) is 0 Å². The van der Waals surface area contributed by atoms with Crippen molar-refractivity contribution in [2.24, 2.45) is 21.4 Å². The van der Waals surface area contributed by atoms with Crippen LogP contribution < -0.4 is 10.9 Å².